The number of hydrogen-bond acceptors (Lipinski definition) is 10. The van der Waals surface area contributed by atoms with Crippen LogP contribution in [0.15, 0.2) is 67.4 Å². The lowest BCUT2D eigenvalue weighted by molar-refractivity contribution is -0.130. The zero-order valence-corrected chi connectivity index (χ0v) is 22.6. The third-order valence-corrected chi connectivity index (χ3v) is 7.31. The van der Waals surface area contributed by atoms with Gasteiger partial charge >= 0.3 is 0 Å². The number of anilines is 3. The van der Waals surface area contributed by atoms with Gasteiger partial charge in [-0.05, 0) is 43.7 Å². The van der Waals surface area contributed by atoms with Gasteiger partial charge in [0.15, 0.2) is 23.0 Å². The van der Waals surface area contributed by atoms with Crippen molar-refractivity contribution in [2.75, 3.05) is 36.5 Å². The van der Waals surface area contributed by atoms with E-state index in [0.29, 0.717) is 65.8 Å². The van der Waals surface area contributed by atoms with E-state index in [-0.39, 0.29) is 11.9 Å². The van der Waals surface area contributed by atoms with Crippen LogP contribution in [0.1, 0.15) is 12.5 Å². The minimum Gasteiger partial charge on any atom is -0.487 e. The highest BCUT2D eigenvalue weighted by Crippen LogP contribution is 2.36. The maximum atomic E-state index is 12.7. The topological polar surface area (TPSA) is 123 Å². The highest BCUT2D eigenvalue weighted by Gasteiger charge is 2.35. The summed E-state index contributed by atoms with van der Waals surface area (Å²) in [6.07, 6.45) is 4.82. The van der Waals surface area contributed by atoms with Crippen molar-refractivity contribution in [3.63, 3.8) is 0 Å². The predicted octanol–water partition coefficient (Wildman–Crippen LogP) is 3.90. The van der Waals surface area contributed by atoms with Gasteiger partial charge in [0, 0.05) is 49.2 Å². The summed E-state index contributed by atoms with van der Waals surface area (Å²) in [7, 11) is 0. The molecule has 2 aliphatic heterocycles. The van der Waals surface area contributed by atoms with E-state index in [9.17, 15) is 4.79 Å². The molecule has 41 heavy (non-hydrogen) atoms. The SMILES string of the molecule is C=C(C)C(=O)N1CCN2C[C@H]1COc1cc3ncnc(Nc4ccc(Oc5ccn6ncnc6c5)c(C)c4)c3nc12. The Bertz CT molecular complexity index is 1840. The zero-order valence-electron chi connectivity index (χ0n) is 22.6. The number of hydrogen-bond donors (Lipinski definition) is 1. The molecule has 6 heterocycles. The van der Waals surface area contributed by atoms with Gasteiger partial charge in [0.1, 0.15) is 36.3 Å². The molecule has 7 rings (SSSR count). The molecule has 1 N–H and O–H groups in total. The molecular weight excluding hydrogens is 522 g/mol. The molecule has 4 aromatic heterocycles. The lowest BCUT2D eigenvalue weighted by Crippen LogP contribution is -2.56. The van der Waals surface area contributed by atoms with Gasteiger partial charge in [-0.15, -0.1) is 0 Å². The number of carbonyl (C=O) groups excluding carboxylic acids is 1. The molecular formula is C29H27N9O3. The third-order valence-electron chi connectivity index (χ3n) is 7.31. The first-order valence-corrected chi connectivity index (χ1v) is 13.3. The third kappa shape index (κ3) is 4.52. The molecule has 5 aromatic rings. The second-order valence-corrected chi connectivity index (χ2v) is 10.2. The van der Waals surface area contributed by atoms with Crippen LogP contribution in [0.4, 0.5) is 17.3 Å². The minimum absolute atomic E-state index is 0.0391. The molecule has 12 nitrogen and oxygen atoms in total. The quantitative estimate of drug-likeness (QED) is 0.323. The van der Waals surface area contributed by atoms with Crippen molar-refractivity contribution in [3.05, 3.63) is 73.0 Å². The second kappa shape index (κ2) is 9.73. The number of pyridine rings is 2. The van der Waals surface area contributed by atoms with Crippen LogP contribution in [0, 0.1) is 6.92 Å². The molecule has 206 valence electrons. The Morgan fingerprint density at radius 2 is 2.02 bits per heavy atom. The largest absolute Gasteiger partial charge is 0.487 e. The molecule has 0 aliphatic carbocycles. The van der Waals surface area contributed by atoms with Crippen LogP contribution in [-0.4, -0.2) is 72.6 Å². The number of ether oxygens (including phenoxy) is 2. The molecule has 12 heteroatoms. The predicted molar refractivity (Wildman–Crippen MR) is 153 cm³/mol. The summed E-state index contributed by atoms with van der Waals surface area (Å²) in [5, 5.41) is 7.51. The number of piperazine rings is 1. The summed E-state index contributed by atoms with van der Waals surface area (Å²) in [6.45, 7) is 9.79. The first kappa shape index (κ1) is 24.8. The zero-order chi connectivity index (χ0) is 28.1. The van der Waals surface area contributed by atoms with E-state index in [4.69, 9.17) is 14.5 Å². The highest BCUT2D eigenvalue weighted by atomic mass is 16.5. The van der Waals surface area contributed by atoms with E-state index < -0.39 is 0 Å². The average molecular weight is 550 g/mol. The Kier molecular flexibility index (Phi) is 5.88. The van der Waals surface area contributed by atoms with Crippen molar-refractivity contribution >= 4 is 39.9 Å². The number of nitrogens with one attached hydrogen (secondary N) is 1. The number of fused-ring (bicyclic) bond motifs is 6. The lowest BCUT2D eigenvalue weighted by atomic mass is 10.1. The fourth-order valence-electron chi connectivity index (χ4n) is 5.24. The van der Waals surface area contributed by atoms with Crippen LogP contribution in [0.5, 0.6) is 17.2 Å². The van der Waals surface area contributed by atoms with Gasteiger partial charge in [-0.25, -0.2) is 24.5 Å². The Balaban J connectivity index is 1.14. The summed E-state index contributed by atoms with van der Waals surface area (Å²) >= 11 is 0. The van der Waals surface area contributed by atoms with Gasteiger partial charge in [0.05, 0.1) is 11.6 Å². The van der Waals surface area contributed by atoms with Crippen molar-refractivity contribution in [1.82, 2.24) is 34.4 Å². The lowest BCUT2D eigenvalue weighted by Gasteiger charge is -2.39. The molecule has 2 aliphatic rings. The first-order valence-electron chi connectivity index (χ1n) is 13.3. The number of nitrogens with zero attached hydrogens (tertiary/aromatic N) is 8. The molecule has 0 unspecified atom stereocenters. The summed E-state index contributed by atoms with van der Waals surface area (Å²) in [5.41, 5.74) is 4.31. The number of aryl methyl sites for hydroxylation is 1. The maximum absolute atomic E-state index is 12.7. The van der Waals surface area contributed by atoms with Gasteiger partial charge in [-0.1, -0.05) is 6.58 Å². The van der Waals surface area contributed by atoms with Crippen LogP contribution in [-0.2, 0) is 4.79 Å². The minimum atomic E-state index is -0.0871. The second-order valence-electron chi connectivity index (χ2n) is 10.2. The number of carbonyl (C=O) groups is 1. The molecule has 1 atom stereocenters. The van der Waals surface area contributed by atoms with E-state index >= 15 is 0 Å². The Labute approximate surface area is 235 Å². The van der Waals surface area contributed by atoms with Gasteiger partial charge in [-0.3, -0.25) is 4.79 Å². The van der Waals surface area contributed by atoms with Crippen molar-refractivity contribution < 1.29 is 14.3 Å². The van der Waals surface area contributed by atoms with Gasteiger partial charge in [0.25, 0.3) is 0 Å². The molecule has 1 aromatic carbocycles. The van der Waals surface area contributed by atoms with E-state index in [1.54, 1.807) is 11.4 Å². The fraction of sp³-hybridized carbons (Fsp3) is 0.241. The maximum Gasteiger partial charge on any atom is 0.249 e. The Hall–Kier alpha value is -5.26. The average Bonchev–Trinajstić information content (AvgIpc) is 3.39. The normalized spacial score (nSPS) is 16.2. The van der Waals surface area contributed by atoms with Crippen LogP contribution in [0.2, 0.25) is 0 Å². The molecule has 0 radical (unpaired) electrons. The fourth-order valence-corrected chi connectivity index (χ4v) is 5.24. The summed E-state index contributed by atoms with van der Waals surface area (Å²) in [5.74, 6) is 3.32. The molecule has 0 saturated carbocycles. The molecule has 1 saturated heterocycles. The van der Waals surface area contributed by atoms with Crippen molar-refractivity contribution in [1.29, 1.82) is 0 Å². The van der Waals surface area contributed by atoms with Crippen molar-refractivity contribution in [2.24, 2.45) is 0 Å². The molecule has 1 amide bonds. The van der Waals surface area contributed by atoms with Crippen molar-refractivity contribution in [2.45, 2.75) is 19.9 Å². The summed E-state index contributed by atoms with van der Waals surface area (Å²) in [4.78, 5) is 34.8. The highest BCUT2D eigenvalue weighted by molar-refractivity contribution is 5.93. The molecule has 1 fully saturated rings. The summed E-state index contributed by atoms with van der Waals surface area (Å²) in [6, 6.07) is 11.3. The molecule has 2 bridgehead atoms. The Morgan fingerprint density at radius 3 is 2.88 bits per heavy atom. The van der Waals surface area contributed by atoms with E-state index in [0.717, 1.165) is 22.8 Å². The van der Waals surface area contributed by atoms with Gasteiger partial charge in [-0.2, -0.15) is 5.10 Å². The van der Waals surface area contributed by atoms with Crippen molar-refractivity contribution in [3.8, 4) is 17.2 Å². The van der Waals surface area contributed by atoms with Crippen LogP contribution >= 0.6 is 0 Å². The van der Waals surface area contributed by atoms with E-state index in [1.807, 2.05) is 54.4 Å². The smallest absolute Gasteiger partial charge is 0.249 e. The Morgan fingerprint density at radius 1 is 1.12 bits per heavy atom. The number of aromatic nitrogens is 6. The monoisotopic (exact) mass is 549 g/mol. The van der Waals surface area contributed by atoms with Gasteiger partial charge < -0.3 is 24.6 Å². The first-order chi connectivity index (χ1) is 19.9. The number of rotatable bonds is 5. The standard InChI is InChI=1S/C29H27N9O3/c1-17(2)29(39)37-9-8-36-13-20(37)14-40-24-12-22-26(35-28(24)36)27(32-15-30-22)34-19-4-5-23(18(3)10-19)41-21-6-7-38-25(11-21)31-16-33-38/h4-7,10-12,15-16,20H,1,8-9,13-14H2,2-3H3,(H,30,32,34)/t20-/m0/s1. The summed E-state index contributed by atoms with van der Waals surface area (Å²) < 4.78 is 13.9. The van der Waals surface area contributed by atoms with E-state index in [1.165, 1.54) is 12.7 Å². The van der Waals surface area contributed by atoms with Crippen LogP contribution in [0.3, 0.4) is 0 Å². The van der Waals surface area contributed by atoms with Crippen LogP contribution < -0.4 is 19.7 Å². The van der Waals surface area contributed by atoms with E-state index in [2.05, 4.69) is 36.8 Å². The number of amides is 1. The van der Waals surface area contributed by atoms with Gasteiger partial charge in [0.2, 0.25) is 5.91 Å². The molecule has 0 spiro atoms. The van der Waals surface area contributed by atoms with Crippen LogP contribution in [0.25, 0.3) is 16.7 Å². The number of benzene rings is 1.